The summed E-state index contributed by atoms with van der Waals surface area (Å²) in [5, 5.41) is 0. The summed E-state index contributed by atoms with van der Waals surface area (Å²) in [7, 11) is 0. The molecule has 0 aliphatic heterocycles. The zero-order valence-electron chi connectivity index (χ0n) is 28.1. The second-order valence-electron chi connectivity index (χ2n) is 15.5. The van der Waals surface area contributed by atoms with E-state index in [2.05, 4.69) is 129 Å². The molecule has 0 N–H and O–H groups in total. The van der Waals surface area contributed by atoms with E-state index in [9.17, 15) is 0 Å². The van der Waals surface area contributed by atoms with Gasteiger partial charge in [-0.2, -0.15) is 0 Å². The Kier molecular flexibility index (Phi) is 10.6. The van der Waals surface area contributed by atoms with Gasteiger partial charge in [-0.25, -0.2) is 0 Å². The summed E-state index contributed by atoms with van der Waals surface area (Å²) in [4.78, 5) is 0. The first-order chi connectivity index (χ1) is 19.2. The Hall–Kier alpha value is -1.53. The number of halogens is 2. The zero-order valence-corrected chi connectivity index (χ0v) is 32.2. The SMILES string of the molecule is Cl.Cl.[CH2]=[Zr]([CH2]CCC)([CH2]c1ccccc1)([C]1=CC=CC1)[c]1c(C)c(C(C)(C)C)cc2c1Cc1cc(C)c(C(C)(C)C)cc1-2. The maximum absolute atomic E-state index is 5.69. The van der Waals surface area contributed by atoms with Crippen LogP contribution >= 0.6 is 24.8 Å². The van der Waals surface area contributed by atoms with Gasteiger partial charge in [0.25, 0.3) is 0 Å². The van der Waals surface area contributed by atoms with Crippen molar-refractivity contribution in [3.8, 4) is 11.1 Å². The molecule has 43 heavy (non-hydrogen) atoms. The molecular formula is C40H54Cl2Zr. The molecule has 0 saturated heterocycles. The summed E-state index contributed by atoms with van der Waals surface area (Å²) in [6, 6.07) is 19.0. The fourth-order valence-electron chi connectivity index (χ4n) is 8.45. The van der Waals surface area contributed by atoms with Crippen molar-refractivity contribution >= 4 is 32.3 Å². The van der Waals surface area contributed by atoms with Crippen molar-refractivity contribution in [1.29, 1.82) is 0 Å². The van der Waals surface area contributed by atoms with Crippen LogP contribution in [0.2, 0.25) is 4.13 Å². The van der Waals surface area contributed by atoms with Crippen LogP contribution in [0.1, 0.15) is 107 Å². The molecule has 0 amide bonds. The quantitative estimate of drug-likeness (QED) is 0.180. The predicted octanol–water partition coefficient (Wildman–Crippen LogP) is 11.3. The Morgan fingerprint density at radius 1 is 0.837 bits per heavy atom. The van der Waals surface area contributed by atoms with Gasteiger partial charge in [-0.05, 0) is 0 Å². The first-order valence-electron chi connectivity index (χ1n) is 15.9. The van der Waals surface area contributed by atoms with Gasteiger partial charge in [0.2, 0.25) is 0 Å². The Balaban J connectivity index is 0.00000253. The van der Waals surface area contributed by atoms with E-state index in [0.717, 1.165) is 17.0 Å². The molecule has 3 heteroatoms. The molecule has 0 heterocycles. The van der Waals surface area contributed by atoms with Gasteiger partial charge in [-0.3, -0.25) is 0 Å². The van der Waals surface area contributed by atoms with E-state index in [1.807, 2.05) is 0 Å². The molecule has 0 saturated carbocycles. The van der Waals surface area contributed by atoms with Crippen LogP contribution in [0.25, 0.3) is 11.1 Å². The number of benzene rings is 3. The molecule has 0 radical (unpaired) electrons. The van der Waals surface area contributed by atoms with Gasteiger partial charge in [0.15, 0.2) is 0 Å². The van der Waals surface area contributed by atoms with E-state index in [4.69, 9.17) is 4.21 Å². The van der Waals surface area contributed by atoms with Gasteiger partial charge in [-0.15, -0.1) is 24.8 Å². The van der Waals surface area contributed by atoms with E-state index < -0.39 is 18.3 Å². The van der Waals surface area contributed by atoms with Crippen LogP contribution < -0.4 is 3.27 Å². The van der Waals surface area contributed by atoms with E-state index in [-0.39, 0.29) is 35.6 Å². The summed E-state index contributed by atoms with van der Waals surface area (Å²) in [5.41, 5.74) is 13.7. The Labute approximate surface area is 275 Å². The maximum atomic E-state index is 5.69. The third-order valence-electron chi connectivity index (χ3n) is 10.3. The molecule has 0 aromatic heterocycles. The Morgan fingerprint density at radius 3 is 2.02 bits per heavy atom. The molecular weight excluding hydrogens is 643 g/mol. The number of rotatable bonds is 7. The van der Waals surface area contributed by atoms with Gasteiger partial charge in [0.05, 0.1) is 0 Å². The van der Waals surface area contributed by atoms with Crippen molar-refractivity contribution < 1.29 is 18.3 Å². The van der Waals surface area contributed by atoms with Crippen molar-refractivity contribution in [2.24, 2.45) is 0 Å². The Morgan fingerprint density at radius 2 is 1.47 bits per heavy atom. The minimum absolute atomic E-state index is 0. The summed E-state index contributed by atoms with van der Waals surface area (Å²) >= 11 is -4.17. The van der Waals surface area contributed by atoms with Crippen molar-refractivity contribution in [3.05, 3.63) is 109 Å². The molecule has 2 aliphatic carbocycles. The predicted molar refractivity (Wildman–Crippen MR) is 195 cm³/mol. The monoisotopic (exact) mass is 694 g/mol. The minimum atomic E-state index is -4.17. The molecule has 3 aromatic carbocycles. The summed E-state index contributed by atoms with van der Waals surface area (Å²) in [6.45, 7) is 21.4. The van der Waals surface area contributed by atoms with Crippen LogP contribution in [-0.4, -0.2) is 4.21 Å². The number of fused-ring (bicyclic) bond motifs is 3. The number of hydrogen-bond acceptors (Lipinski definition) is 0. The van der Waals surface area contributed by atoms with Crippen LogP contribution in [0.15, 0.2) is 70.0 Å². The van der Waals surface area contributed by atoms with Crippen LogP contribution in [0.3, 0.4) is 0 Å². The molecule has 2 aliphatic rings. The first kappa shape index (κ1) is 35.9. The third kappa shape index (κ3) is 6.31. The van der Waals surface area contributed by atoms with Gasteiger partial charge >= 0.3 is 253 Å². The zero-order chi connectivity index (χ0) is 29.8. The van der Waals surface area contributed by atoms with E-state index in [0.29, 0.717) is 0 Å². The molecule has 3 aromatic rings. The average molecular weight is 697 g/mol. The van der Waals surface area contributed by atoms with Gasteiger partial charge in [0, 0.05) is 0 Å². The first-order valence-corrected chi connectivity index (χ1v) is 23.6. The van der Waals surface area contributed by atoms with Crippen molar-refractivity contribution in [3.63, 3.8) is 0 Å². The second kappa shape index (κ2) is 12.7. The average Bonchev–Trinajstić information content (AvgIpc) is 3.55. The third-order valence-corrected chi connectivity index (χ3v) is 27.2. The standard InChI is InChI=1S/C23H29.C7H7.C5H5.C4H9.CH2.2ClH.Zr/c1-14-9-16-11-17-10-15(2)21(23(6,7)8)13-19(17)18(16)12-20(14)22(3,4)5;1-7-5-3-2-4-6-7;1-2-4-5-3-1;1-3-4-2;;;;/h9,12-13H,11H2,1-8H3;2-6H,1H2;1-3H,4H2;1,3-4H2,2H3;1H2;2*1H;. The van der Waals surface area contributed by atoms with Crippen molar-refractivity contribution in [2.45, 2.75) is 107 Å². The molecule has 0 nitrogen and oxygen atoms in total. The van der Waals surface area contributed by atoms with Gasteiger partial charge in [-0.1, -0.05) is 0 Å². The van der Waals surface area contributed by atoms with E-state index in [1.54, 1.807) is 12.1 Å². The number of hydrogen-bond donors (Lipinski definition) is 0. The summed E-state index contributed by atoms with van der Waals surface area (Å²) in [5.74, 6) is 0. The van der Waals surface area contributed by atoms with E-state index >= 15 is 0 Å². The van der Waals surface area contributed by atoms with Crippen LogP contribution in [0.4, 0.5) is 0 Å². The van der Waals surface area contributed by atoms with Crippen LogP contribution in [0, 0.1) is 13.8 Å². The molecule has 0 fully saturated rings. The topological polar surface area (TPSA) is 0 Å². The summed E-state index contributed by atoms with van der Waals surface area (Å²) < 4.78 is 11.5. The van der Waals surface area contributed by atoms with Crippen LogP contribution in [0.5, 0.6) is 0 Å². The molecule has 232 valence electrons. The van der Waals surface area contributed by atoms with Crippen LogP contribution in [-0.2, 0) is 39.7 Å². The van der Waals surface area contributed by atoms with Gasteiger partial charge < -0.3 is 0 Å². The van der Waals surface area contributed by atoms with Crippen molar-refractivity contribution in [1.82, 2.24) is 0 Å². The number of allylic oxidation sites excluding steroid dienone is 4. The molecule has 0 spiro atoms. The fraction of sp³-hybridized carbons (Fsp3) is 0.425. The van der Waals surface area contributed by atoms with Gasteiger partial charge in [0.1, 0.15) is 0 Å². The number of aryl methyl sites for hydroxylation is 1. The number of unbranched alkanes of at least 4 members (excludes halogenated alkanes) is 1. The molecule has 0 atom stereocenters. The molecule has 5 rings (SSSR count). The normalized spacial score (nSPS) is 14.5. The Bertz CT molecular complexity index is 1620. The molecule has 0 unspecified atom stereocenters. The summed E-state index contributed by atoms with van der Waals surface area (Å²) in [6.07, 6.45) is 11.8. The second-order valence-corrected chi connectivity index (χ2v) is 29.9. The van der Waals surface area contributed by atoms with E-state index in [1.165, 1.54) is 61.5 Å². The fourth-order valence-corrected chi connectivity index (χ4v) is 26.2. The molecule has 0 bridgehead atoms. The van der Waals surface area contributed by atoms with Crippen molar-refractivity contribution in [2.75, 3.05) is 0 Å².